The summed E-state index contributed by atoms with van der Waals surface area (Å²) in [6, 6.07) is 59.3. The second-order valence-electron chi connectivity index (χ2n) is 23.3. The third kappa shape index (κ3) is 4.71. The summed E-state index contributed by atoms with van der Waals surface area (Å²) in [4.78, 5) is 0. The fraction of sp³-hybridized carbons (Fsp3) is 0.188. The van der Waals surface area contributed by atoms with Crippen LogP contribution in [0.3, 0.4) is 0 Å². The summed E-state index contributed by atoms with van der Waals surface area (Å²) in [6.07, 6.45) is 0. The van der Waals surface area contributed by atoms with Gasteiger partial charge in [0.2, 0.25) is 0 Å². The van der Waals surface area contributed by atoms with Gasteiger partial charge in [0.25, 0.3) is 0 Å². The van der Waals surface area contributed by atoms with Crippen LogP contribution in [0.25, 0.3) is 120 Å². The average Bonchev–Trinajstić information content (AvgIpc) is 3.96. The highest BCUT2D eigenvalue weighted by molar-refractivity contribution is 6.90. The van der Waals surface area contributed by atoms with Crippen molar-refractivity contribution in [1.29, 1.82) is 0 Å². The molecule has 0 amide bonds. The lowest BCUT2D eigenvalue weighted by atomic mass is 9.45. The van der Waals surface area contributed by atoms with Gasteiger partial charge in [-0.05, 0) is 120 Å². The SMILES string of the molecule is CC(C)(C)c1cc2ccc3c4c5c(c6ccc(c1)c2c36)-n1c2ccc3c6ccccc6n(-c6ccccc6)c3c2c2cccc(c21)B5n1c2ccc(C(C)(C)C)cc2c2cc(C(C)(C)C)cc-4c21. The zero-order valence-electron chi connectivity index (χ0n) is 40.4. The van der Waals surface area contributed by atoms with Crippen LogP contribution in [-0.2, 0) is 16.2 Å². The van der Waals surface area contributed by atoms with Crippen molar-refractivity contribution in [1.82, 2.24) is 13.6 Å². The van der Waals surface area contributed by atoms with Crippen molar-refractivity contribution in [2.75, 3.05) is 0 Å². The van der Waals surface area contributed by atoms with E-state index in [1.165, 1.54) is 148 Å². The van der Waals surface area contributed by atoms with Crippen LogP contribution in [0.15, 0.2) is 152 Å². The summed E-state index contributed by atoms with van der Waals surface area (Å²) in [5.74, 6) is 0. The van der Waals surface area contributed by atoms with Crippen molar-refractivity contribution in [2.24, 2.45) is 0 Å². The summed E-state index contributed by atoms with van der Waals surface area (Å²) in [6.45, 7) is 21.1. The Kier molecular flexibility index (Phi) is 7.08. The first-order chi connectivity index (χ1) is 32.7. The Morgan fingerprint density at radius 3 is 1.78 bits per heavy atom. The van der Waals surface area contributed by atoms with E-state index in [-0.39, 0.29) is 23.1 Å². The van der Waals surface area contributed by atoms with E-state index >= 15 is 0 Å². The van der Waals surface area contributed by atoms with Gasteiger partial charge >= 0.3 is 6.85 Å². The van der Waals surface area contributed by atoms with E-state index in [9.17, 15) is 0 Å². The summed E-state index contributed by atoms with van der Waals surface area (Å²) in [5.41, 5.74) is 19.8. The average molecular weight is 874 g/mol. The minimum absolute atomic E-state index is 0.00657. The van der Waals surface area contributed by atoms with Gasteiger partial charge in [0.1, 0.15) is 0 Å². The molecule has 68 heavy (non-hydrogen) atoms. The molecule has 0 saturated heterocycles. The van der Waals surface area contributed by atoms with E-state index in [0.717, 1.165) is 0 Å². The first kappa shape index (κ1) is 38.8. The van der Waals surface area contributed by atoms with Gasteiger partial charge in [-0.25, -0.2) is 0 Å². The van der Waals surface area contributed by atoms with Crippen LogP contribution in [0.5, 0.6) is 0 Å². The van der Waals surface area contributed by atoms with Gasteiger partial charge in [-0.3, -0.25) is 0 Å². The van der Waals surface area contributed by atoms with Gasteiger partial charge in [-0.2, -0.15) is 0 Å². The van der Waals surface area contributed by atoms with E-state index in [1.54, 1.807) is 0 Å². The fourth-order valence-electron chi connectivity index (χ4n) is 13.1. The van der Waals surface area contributed by atoms with Crippen molar-refractivity contribution < 1.29 is 0 Å². The van der Waals surface area contributed by atoms with Gasteiger partial charge in [0.15, 0.2) is 0 Å². The molecule has 13 aromatic rings. The Morgan fingerprint density at radius 2 is 1.03 bits per heavy atom. The predicted molar refractivity (Wildman–Crippen MR) is 294 cm³/mol. The zero-order chi connectivity index (χ0) is 46.1. The number of para-hydroxylation sites is 3. The second kappa shape index (κ2) is 12.4. The quantitative estimate of drug-likeness (QED) is 0.115. The Bertz CT molecular complexity index is 4400. The monoisotopic (exact) mass is 873 g/mol. The van der Waals surface area contributed by atoms with E-state index < -0.39 is 0 Å². The van der Waals surface area contributed by atoms with Crippen LogP contribution in [0, 0.1) is 0 Å². The smallest absolute Gasteiger partial charge is 0.333 e. The van der Waals surface area contributed by atoms with Crippen molar-refractivity contribution in [3.63, 3.8) is 0 Å². The van der Waals surface area contributed by atoms with E-state index in [0.29, 0.717) is 0 Å². The van der Waals surface area contributed by atoms with E-state index in [4.69, 9.17) is 0 Å². The molecule has 326 valence electrons. The topological polar surface area (TPSA) is 14.8 Å². The number of hydrogen-bond acceptors (Lipinski definition) is 0. The molecule has 4 heteroatoms. The molecule has 0 saturated carbocycles. The molecular formula is C64H52BN3. The molecule has 0 radical (unpaired) electrons. The molecule has 5 heterocycles. The van der Waals surface area contributed by atoms with Crippen LogP contribution in [0.1, 0.15) is 79.0 Å². The Labute approximate surface area is 396 Å². The van der Waals surface area contributed by atoms with Crippen molar-refractivity contribution >= 4 is 116 Å². The molecule has 0 aliphatic carbocycles. The number of nitrogens with zero attached hydrogens (tertiary/aromatic N) is 3. The van der Waals surface area contributed by atoms with Crippen LogP contribution < -0.4 is 10.9 Å². The molecule has 2 aliphatic heterocycles. The summed E-state index contributed by atoms with van der Waals surface area (Å²) < 4.78 is 8.01. The summed E-state index contributed by atoms with van der Waals surface area (Å²) in [5, 5.41) is 15.9. The Morgan fingerprint density at radius 1 is 0.382 bits per heavy atom. The molecule has 3 nitrogen and oxygen atoms in total. The first-order valence-electron chi connectivity index (χ1n) is 24.6. The molecule has 2 aliphatic rings. The highest BCUT2D eigenvalue weighted by atomic mass is 15.0. The lowest BCUT2D eigenvalue weighted by Crippen LogP contribution is -2.55. The third-order valence-electron chi connectivity index (χ3n) is 16.3. The number of rotatable bonds is 1. The summed E-state index contributed by atoms with van der Waals surface area (Å²) >= 11 is 0. The molecule has 0 fully saturated rings. The maximum Gasteiger partial charge on any atom is 0.333 e. The normalized spacial score (nSPS) is 13.9. The van der Waals surface area contributed by atoms with Gasteiger partial charge in [-0.1, -0.05) is 165 Å². The molecular weight excluding hydrogens is 822 g/mol. The van der Waals surface area contributed by atoms with Gasteiger partial charge in [0.05, 0.1) is 27.8 Å². The maximum atomic E-state index is 2.77. The van der Waals surface area contributed by atoms with Crippen molar-refractivity contribution in [3.05, 3.63) is 168 Å². The molecule has 0 unspecified atom stereocenters. The lowest BCUT2D eigenvalue weighted by molar-refractivity contribution is 0.590. The Hall–Kier alpha value is -7.30. The Balaban J connectivity index is 1.21. The van der Waals surface area contributed by atoms with E-state index in [1.807, 2.05) is 0 Å². The molecule has 0 bridgehead atoms. The van der Waals surface area contributed by atoms with Gasteiger partial charge < -0.3 is 13.6 Å². The number of hydrogen-bond donors (Lipinski definition) is 0. The summed E-state index contributed by atoms with van der Waals surface area (Å²) in [7, 11) is 0. The predicted octanol–water partition coefficient (Wildman–Crippen LogP) is 15.7. The third-order valence-corrected chi connectivity index (χ3v) is 16.3. The standard InChI is InChI=1S/C64H52BN3/c1-62(2,3)37-24-28-51-46(32-37)47-33-39(64(7,8)9)34-48-55-43-25-22-35-30-38(63(4,5)6)31-36-23-26-45(54(43)53(35)36)61-57(55)65(68(51)58(47)48)49-20-15-19-44-56-52(67(61)59(44)49)29-27-42-41-18-13-14-21-50(41)66(60(42)56)40-16-11-10-12-17-40/h10-34H,1-9H3. The highest BCUT2D eigenvalue weighted by Gasteiger charge is 2.44. The second-order valence-corrected chi connectivity index (χ2v) is 23.3. The van der Waals surface area contributed by atoms with Crippen LogP contribution >= 0.6 is 0 Å². The highest BCUT2D eigenvalue weighted by Crippen LogP contribution is 2.52. The lowest BCUT2D eigenvalue weighted by Gasteiger charge is -2.36. The minimum Gasteiger partial charge on any atom is -0.375 e. The molecule has 0 atom stereocenters. The molecule has 15 rings (SSSR count). The van der Waals surface area contributed by atoms with Crippen LogP contribution in [0.4, 0.5) is 0 Å². The van der Waals surface area contributed by atoms with Crippen molar-refractivity contribution in [2.45, 2.75) is 78.6 Å². The van der Waals surface area contributed by atoms with E-state index in [2.05, 4.69) is 228 Å². The first-order valence-corrected chi connectivity index (χ1v) is 24.6. The van der Waals surface area contributed by atoms with Gasteiger partial charge in [0, 0.05) is 65.4 Å². The largest absolute Gasteiger partial charge is 0.375 e. The maximum absolute atomic E-state index is 2.77. The number of fused-ring (bicyclic) bond motifs is 16. The molecule has 0 spiro atoms. The fourth-order valence-corrected chi connectivity index (χ4v) is 13.1. The molecule has 10 aromatic carbocycles. The molecule has 0 N–H and O–H groups in total. The van der Waals surface area contributed by atoms with Crippen LogP contribution in [0.2, 0.25) is 0 Å². The van der Waals surface area contributed by atoms with Crippen molar-refractivity contribution in [3.8, 4) is 22.5 Å². The minimum atomic E-state index is -0.0667. The number of aromatic nitrogens is 3. The molecule has 3 aromatic heterocycles. The van der Waals surface area contributed by atoms with Crippen LogP contribution in [-0.4, -0.2) is 20.5 Å². The zero-order valence-corrected chi connectivity index (χ0v) is 40.4. The number of benzene rings is 10. The van der Waals surface area contributed by atoms with Gasteiger partial charge in [-0.15, -0.1) is 0 Å².